The van der Waals surface area contributed by atoms with E-state index in [4.69, 9.17) is 10.5 Å². The molecule has 0 saturated heterocycles. The second kappa shape index (κ2) is 8.85. The number of amides is 1. The van der Waals surface area contributed by atoms with E-state index in [1.165, 1.54) is 31.3 Å². The summed E-state index contributed by atoms with van der Waals surface area (Å²) >= 11 is 1.19. The third-order valence-corrected chi connectivity index (χ3v) is 5.50. The molecule has 1 atom stereocenters. The molecule has 3 N–H and O–H groups in total. The van der Waals surface area contributed by atoms with Crippen LogP contribution in [0.15, 0.2) is 29.6 Å². The molecule has 1 aromatic heterocycles. The Morgan fingerprint density at radius 3 is 2.67 bits per heavy atom. The average Bonchev–Trinajstić information content (AvgIpc) is 3.32. The Hall–Kier alpha value is -2.61. The summed E-state index contributed by atoms with van der Waals surface area (Å²) in [7, 11) is 1.22. The molecular weight excluding hydrogens is 366 g/mol. The minimum Gasteiger partial charge on any atom is -0.437 e. The third kappa shape index (κ3) is 5.19. The lowest BCUT2D eigenvalue weighted by molar-refractivity contribution is -0.118. The van der Waals surface area contributed by atoms with Gasteiger partial charge in [-0.05, 0) is 30.0 Å². The second-order valence-electron chi connectivity index (χ2n) is 6.64. The van der Waals surface area contributed by atoms with Crippen molar-refractivity contribution < 1.29 is 19.1 Å². The molecule has 0 aliphatic heterocycles. The predicted octanol–water partition coefficient (Wildman–Crippen LogP) is 4.17. The first-order chi connectivity index (χ1) is 13.0. The van der Waals surface area contributed by atoms with E-state index in [0.717, 1.165) is 24.8 Å². The van der Waals surface area contributed by atoms with Crippen LogP contribution >= 0.6 is 11.3 Å². The number of methoxy groups -OCH3 is 1. The number of carbonyl (C=O) groups is 2. The topological polar surface area (TPSA) is 104 Å². The maximum absolute atomic E-state index is 13.0. The van der Waals surface area contributed by atoms with Crippen molar-refractivity contribution in [3.8, 4) is 5.88 Å². The maximum Gasteiger partial charge on any atom is 0.514 e. The summed E-state index contributed by atoms with van der Waals surface area (Å²) in [6, 6.07) is 7.44. The van der Waals surface area contributed by atoms with Gasteiger partial charge in [-0.1, -0.05) is 37.8 Å². The van der Waals surface area contributed by atoms with Crippen molar-refractivity contribution in [3.05, 3.63) is 35.2 Å². The normalized spacial score (nSPS) is 15.3. The highest BCUT2D eigenvalue weighted by atomic mass is 32.1. The number of aromatic nitrogens is 1. The summed E-state index contributed by atoms with van der Waals surface area (Å²) < 4.78 is 9.30. The van der Waals surface area contributed by atoms with Crippen molar-refractivity contribution >= 4 is 34.2 Å². The van der Waals surface area contributed by atoms with E-state index < -0.39 is 6.16 Å². The zero-order chi connectivity index (χ0) is 19.2. The smallest absolute Gasteiger partial charge is 0.437 e. The minimum atomic E-state index is -0.848. The number of ether oxygens (including phenoxy) is 2. The number of carbonyl (C=O) groups excluding carboxylic acids is 2. The van der Waals surface area contributed by atoms with Crippen molar-refractivity contribution in [2.24, 2.45) is 5.92 Å². The monoisotopic (exact) mass is 389 g/mol. The van der Waals surface area contributed by atoms with Gasteiger partial charge in [-0.15, -0.1) is 11.3 Å². The van der Waals surface area contributed by atoms with Gasteiger partial charge in [0.1, 0.15) is 0 Å². The summed E-state index contributed by atoms with van der Waals surface area (Å²) in [6.07, 6.45) is 4.72. The summed E-state index contributed by atoms with van der Waals surface area (Å²) in [6.45, 7) is 0. The van der Waals surface area contributed by atoms with Crippen molar-refractivity contribution in [1.82, 2.24) is 4.98 Å². The van der Waals surface area contributed by atoms with Gasteiger partial charge < -0.3 is 20.5 Å². The Morgan fingerprint density at radius 2 is 2.00 bits per heavy atom. The number of nitrogens with zero attached hydrogens (tertiary/aromatic N) is 1. The van der Waals surface area contributed by atoms with Crippen molar-refractivity contribution in [2.75, 3.05) is 18.2 Å². The molecule has 0 bridgehead atoms. The standard InChI is InChI=1S/C19H23N3O4S/c1-25-19(24)26-16-11-27-18(21-16)22-17(23)15(10-12-4-2-3-5-12)13-6-8-14(20)9-7-13/h6-9,11-12,15H,2-5,10,20H2,1H3,(H,21,22,23). The number of nitrogens with one attached hydrogen (secondary N) is 1. The van der Waals surface area contributed by atoms with Crippen LogP contribution < -0.4 is 15.8 Å². The Kier molecular flexibility index (Phi) is 6.28. The van der Waals surface area contributed by atoms with Crippen LogP contribution in [-0.2, 0) is 9.53 Å². The van der Waals surface area contributed by atoms with E-state index in [-0.39, 0.29) is 17.7 Å². The number of rotatable bonds is 6. The first kappa shape index (κ1) is 19.2. The van der Waals surface area contributed by atoms with E-state index in [9.17, 15) is 9.59 Å². The molecule has 1 saturated carbocycles. The zero-order valence-corrected chi connectivity index (χ0v) is 16.0. The largest absolute Gasteiger partial charge is 0.514 e. The van der Waals surface area contributed by atoms with E-state index in [1.54, 1.807) is 5.38 Å². The molecule has 8 heteroatoms. The number of hydrogen-bond donors (Lipinski definition) is 2. The lowest BCUT2D eigenvalue weighted by Crippen LogP contribution is -2.23. The van der Waals surface area contributed by atoms with Crippen LogP contribution in [-0.4, -0.2) is 24.2 Å². The molecular formula is C19H23N3O4S. The molecule has 1 unspecified atom stereocenters. The van der Waals surface area contributed by atoms with Crippen LogP contribution in [0.3, 0.4) is 0 Å². The highest BCUT2D eigenvalue weighted by Crippen LogP contribution is 2.35. The summed E-state index contributed by atoms with van der Waals surface area (Å²) in [4.78, 5) is 28.2. The molecule has 1 amide bonds. The fraction of sp³-hybridized carbons (Fsp3) is 0.421. The van der Waals surface area contributed by atoms with E-state index in [2.05, 4.69) is 15.0 Å². The number of hydrogen-bond acceptors (Lipinski definition) is 7. The van der Waals surface area contributed by atoms with Gasteiger partial charge in [0.15, 0.2) is 5.13 Å². The summed E-state index contributed by atoms with van der Waals surface area (Å²) in [5.74, 6) is 0.253. The molecule has 144 valence electrons. The fourth-order valence-corrected chi connectivity index (χ4v) is 4.00. The van der Waals surface area contributed by atoms with Gasteiger partial charge in [0.05, 0.1) is 18.4 Å². The molecule has 27 heavy (non-hydrogen) atoms. The van der Waals surface area contributed by atoms with Crippen LogP contribution in [0.25, 0.3) is 0 Å². The van der Waals surface area contributed by atoms with Gasteiger partial charge in [-0.25, -0.2) is 4.79 Å². The molecule has 3 rings (SSSR count). The zero-order valence-electron chi connectivity index (χ0n) is 15.1. The van der Waals surface area contributed by atoms with Gasteiger partial charge in [-0.3, -0.25) is 4.79 Å². The van der Waals surface area contributed by atoms with Crippen LogP contribution in [0.5, 0.6) is 5.88 Å². The summed E-state index contributed by atoms with van der Waals surface area (Å²) in [5.41, 5.74) is 7.39. The highest BCUT2D eigenvalue weighted by molar-refractivity contribution is 7.14. The molecule has 1 heterocycles. The van der Waals surface area contributed by atoms with Crippen molar-refractivity contribution in [2.45, 2.75) is 38.0 Å². The molecule has 0 radical (unpaired) electrons. The van der Waals surface area contributed by atoms with Crippen molar-refractivity contribution in [1.29, 1.82) is 0 Å². The SMILES string of the molecule is COC(=O)Oc1csc(NC(=O)C(CC2CCCC2)c2ccc(N)cc2)n1. The molecule has 7 nitrogen and oxygen atoms in total. The number of anilines is 2. The number of nitrogen functional groups attached to an aromatic ring is 1. The lowest BCUT2D eigenvalue weighted by Gasteiger charge is -2.20. The lowest BCUT2D eigenvalue weighted by atomic mass is 9.87. The summed E-state index contributed by atoms with van der Waals surface area (Å²) in [5, 5.41) is 4.77. The Bertz CT molecular complexity index is 785. The van der Waals surface area contributed by atoms with Gasteiger partial charge in [0, 0.05) is 5.69 Å². The van der Waals surface area contributed by atoms with Gasteiger partial charge >= 0.3 is 6.16 Å². The quantitative estimate of drug-likeness (QED) is 0.567. The molecule has 1 fully saturated rings. The highest BCUT2D eigenvalue weighted by Gasteiger charge is 2.27. The average molecular weight is 389 g/mol. The second-order valence-corrected chi connectivity index (χ2v) is 7.50. The molecule has 1 aliphatic carbocycles. The van der Waals surface area contributed by atoms with Gasteiger partial charge in [-0.2, -0.15) is 4.98 Å². The van der Waals surface area contributed by atoms with Crippen LogP contribution in [0.2, 0.25) is 0 Å². The van der Waals surface area contributed by atoms with Gasteiger partial charge in [0.2, 0.25) is 11.8 Å². The first-order valence-electron chi connectivity index (χ1n) is 8.92. The first-order valence-corrected chi connectivity index (χ1v) is 9.80. The van der Waals surface area contributed by atoms with Crippen LogP contribution in [0, 0.1) is 5.92 Å². The molecule has 0 spiro atoms. The number of thiazole rings is 1. The maximum atomic E-state index is 13.0. The Balaban J connectivity index is 1.72. The minimum absolute atomic E-state index is 0.0991. The van der Waals surface area contributed by atoms with Crippen LogP contribution in [0.4, 0.5) is 15.6 Å². The third-order valence-electron chi connectivity index (χ3n) is 4.77. The number of benzene rings is 1. The molecule has 2 aromatic rings. The molecule has 1 aliphatic rings. The van der Waals surface area contributed by atoms with E-state index >= 15 is 0 Å². The van der Waals surface area contributed by atoms with Crippen molar-refractivity contribution in [3.63, 3.8) is 0 Å². The van der Waals surface area contributed by atoms with Crippen LogP contribution in [0.1, 0.15) is 43.6 Å². The Labute approximate surface area is 161 Å². The van der Waals surface area contributed by atoms with E-state index in [1.807, 2.05) is 24.3 Å². The Morgan fingerprint density at radius 1 is 1.30 bits per heavy atom. The van der Waals surface area contributed by atoms with E-state index in [0.29, 0.717) is 16.7 Å². The number of nitrogens with two attached hydrogens (primary N) is 1. The molecule has 1 aromatic carbocycles. The predicted molar refractivity (Wildman–Crippen MR) is 104 cm³/mol. The fourth-order valence-electron chi connectivity index (χ4n) is 3.39. The van der Waals surface area contributed by atoms with Gasteiger partial charge in [0.25, 0.3) is 0 Å².